The number of benzene rings is 1. The van der Waals surface area contributed by atoms with Crippen LogP contribution in [-0.4, -0.2) is 46.1 Å². The third-order valence-electron chi connectivity index (χ3n) is 6.38. The van der Waals surface area contributed by atoms with Crippen molar-refractivity contribution >= 4 is 5.82 Å². The zero-order chi connectivity index (χ0) is 25.9. The zero-order valence-corrected chi connectivity index (χ0v) is 18.7. The minimum atomic E-state index is -4.75. The van der Waals surface area contributed by atoms with Crippen LogP contribution in [0, 0.1) is 11.6 Å². The Labute approximate surface area is 205 Å². The predicted molar refractivity (Wildman–Crippen MR) is 114 cm³/mol. The van der Waals surface area contributed by atoms with E-state index in [9.17, 15) is 26.7 Å². The minimum Gasteiger partial charge on any atom is -0.473 e. The quantitative estimate of drug-likeness (QED) is 0.471. The summed E-state index contributed by atoms with van der Waals surface area (Å²) >= 11 is 0. The summed E-state index contributed by atoms with van der Waals surface area (Å²) in [6.45, 7) is 0.813. The lowest BCUT2D eigenvalue weighted by molar-refractivity contribution is -0.141. The molecule has 0 radical (unpaired) electrons. The van der Waals surface area contributed by atoms with Crippen LogP contribution in [0.5, 0.6) is 17.4 Å². The number of rotatable bonds is 5. The lowest BCUT2D eigenvalue weighted by Crippen LogP contribution is -2.34. The Kier molecular flexibility index (Phi) is 5.53. The Hall–Kier alpha value is -3.78. The van der Waals surface area contributed by atoms with E-state index in [1.165, 1.54) is 4.57 Å². The average Bonchev–Trinajstić information content (AvgIpc) is 3.52. The molecule has 0 spiro atoms. The van der Waals surface area contributed by atoms with Gasteiger partial charge in [-0.15, -0.1) is 0 Å². The summed E-state index contributed by atoms with van der Waals surface area (Å²) in [7, 11) is 0. The van der Waals surface area contributed by atoms with Crippen LogP contribution >= 0.6 is 0 Å². The second-order valence-corrected chi connectivity index (χ2v) is 8.67. The molecule has 5 heterocycles. The molecule has 0 N–H and O–H groups in total. The molecule has 194 valence electrons. The van der Waals surface area contributed by atoms with Gasteiger partial charge in [0.25, 0.3) is 0 Å². The smallest absolute Gasteiger partial charge is 0.433 e. The summed E-state index contributed by atoms with van der Waals surface area (Å²) in [5.41, 5.74) is -1.75. The van der Waals surface area contributed by atoms with Gasteiger partial charge in [0, 0.05) is 24.9 Å². The number of fused-ring (bicyclic) bond motifs is 5. The fourth-order valence-corrected chi connectivity index (χ4v) is 4.74. The van der Waals surface area contributed by atoms with Crippen molar-refractivity contribution in [2.75, 3.05) is 18.2 Å². The molecule has 0 aliphatic carbocycles. The van der Waals surface area contributed by atoms with Crippen molar-refractivity contribution in [2.45, 2.75) is 37.6 Å². The van der Waals surface area contributed by atoms with E-state index < -0.39 is 40.7 Å². The van der Waals surface area contributed by atoms with Crippen molar-refractivity contribution in [1.82, 2.24) is 14.5 Å². The van der Waals surface area contributed by atoms with Gasteiger partial charge in [-0.05, 0) is 23.8 Å². The van der Waals surface area contributed by atoms with Crippen LogP contribution in [0.25, 0.3) is 0 Å². The first-order valence-electron chi connectivity index (χ1n) is 11.1. The first-order valence-corrected chi connectivity index (χ1v) is 11.1. The molecule has 0 saturated carbocycles. The highest BCUT2D eigenvalue weighted by molar-refractivity contribution is 5.50. The molecular weight excluding hydrogens is 507 g/mol. The van der Waals surface area contributed by atoms with Crippen LogP contribution in [0.2, 0.25) is 0 Å². The van der Waals surface area contributed by atoms with Crippen LogP contribution in [0.15, 0.2) is 41.3 Å². The molecule has 2 saturated heterocycles. The molecule has 3 unspecified atom stereocenters. The Morgan fingerprint density at radius 3 is 2.62 bits per heavy atom. The van der Waals surface area contributed by atoms with E-state index in [1.807, 2.05) is 4.90 Å². The monoisotopic (exact) mass is 524 g/mol. The SMILES string of the molecule is O=c1nc(OCc2cc(F)c(Oc3ccnc(C(F)(F)F)c3)c(F)c2)cc2n1CC1C3OCOC3CN21. The van der Waals surface area contributed by atoms with Crippen LogP contribution in [0.4, 0.5) is 27.8 Å². The standard InChI is InChI=1S/C23H17F5N4O5/c24-13-3-11(4-14(25)20(13)37-12-1-2-29-17(5-12)23(26,27)28)9-34-18-6-19-31-8-16-21(36-10-35-16)15(31)7-32(19)22(33)30-18/h1-6,15-16,21H,7-10H2. The molecule has 0 bridgehead atoms. The average molecular weight is 524 g/mol. The molecule has 14 heteroatoms. The predicted octanol–water partition coefficient (Wildman–Crippen LogP) is 3.25. The molecule has 9 nitrogen and oxygen atoms in total. The number of nitrogens with zero attached hydrogens (tertiary/aromatic N) is 4. The van der Waals surface area contributed by atoms with Gasteiger partial charge in [0.05, 0.1) is 12.6 Å². The highest BCUT2D eigenvalue weighted by Gasteiger charge is 2.50. The van der Waals surface area contributed by atoms with E-state index >= 15 is 0 Å². The molecule has 2 fully saturated rings. The molecule has 3 aliphatic heterocycles. The van der Waals surface area contributed by atoms with E-state index in [1.54, 1.807) is 6.07 Å². The van der Waals surface area contributed by atoms with E-state index in [2.05, 4.69) is 9.97 Å². The van der Waals surface area contributed by atoms with Gasteiger partial charge in [-0.1, -0.05) is 0 Å². The van der Waals surface area contributed by atoms with Gasteiger partial charge in [-0.25, -0.2) is 13.6 Å². The Morgan fingerprint density at radius 1 is 1.08 bits per heavy atom. The van der Waals surface area contributed by atoms with Crippen LogP contribution in [-0.2, 0) is 28.8 Å². The second-order valence-electron chi connectivity index (χ2n) is 8.67. The van der Waals surface area contributed by atoms with Gasteiger partial charge in [-0.3, -0.25) is 9.55 Å². The number of halogens is 5. The van der Waals surface area contributed by atoms with E-state index in [-0.39, 0.29) is 43.1 Å². The molecule has 37 heavy (non-hydrogen) atoms. The maximum Gasteiger partial charge on any atom is 0.433 e. The summed E-state index contributed by atoms with van der Waals surface area (Å²) in [5, 5.41) is 0. The summed E-state index contributed by atoms with van der Waals surface area (Å²) < 4.78 is 91.0. The molecule has 6 rings (SSSR count). The lowest BCUT2D eigenvalue weighted by atomic mass is 10.1. The number of hydrogen-bond donors (Lipinski definition) is 0. The number of alkyl halides is 3. The van der Waals surface area contributed by atoms with E-state index in [0.29, 0.717) is 25.0 Å². The summed E-state index contributed by atoms with van der Waals surface area (Å²) in [6.07, 6.45) is -4.17. The van der Waals surface area contributed by atoms with Crippen LogP contribution in [0.1, 0.15) is 11.3 Å². The molecule has 1 aromatic carbocycles. The van der Waals surface area contributed by atoms with Crippen molar-refractivity contribution in [3.63, 3.8) is 0 Å². The largest absolute Gasteiger partial charge is 0.473 e. The van der Waals surface area contributed by atoms with Gasteiger partial charge in [-0.2, -0.15) is 18.2 Å². The van der Waals surface area contributed by atoms with Gasteiger partial charge >= 0.3 is 11.9 Å². The maximum atomic E-state index is 14.6. The first-order chi connectivity index (χ1) is 17.7. The Morgan fingerprint density at radius 2 is 1.86 bits per heavy atom. The fourth-order valence-electron chi connectivity index (χ4n) is 4.74. The number of aromatic nitrogens is 3. The fraction of sp³-hybridized carbons (Fsp3) is 0.348. The van der Waals surface area contributed by atoms with Gasteiger partial charge in [0.15, 0.2) is 17.4 Å². The van der Waals surface area contributed by atoms with Crippen LogP contribution in [0.3, 0.4) is 0 Å². The summed E-state index contributed by atoms with van der Waals surface area (Å²) in [6, 6.07) is 4.90. The van der Waals surface area contributed by atoms with Crippen molar-refractivity contribution < 1.29 is 40.9 Å². The van der Waals surface area contributed by atoms with E-state index in [0.717, 1.165) is 24.4 Å². The van der Waals surface area contributed by atoms with Gasteiger partial charge in [0.1, 0.15) is 42.9 Å². The van der Waals surface area contributed by atoms with Crippen molar-refractivity contribution in [2.24, 2.45) is 0 Å². The number of anilines is 1. The highest BCUT2D eigenvalue weighted by atomic mass is 19.4. The number of ether oxygens (including phenoxy) is 4. The first kappa shape index (κ1) is 23.6. The Balaban J connectivity index is 1.17. The third kappa shape index (κ3) is 4.25. The molecule has 3 aromatic rings. The van der Waals surface area contributed by atoms with Gasteiger partial charge < -0.3 is 23.8 Å². The lowest BCUT2D eigenvalue weighted by Gasteiger charge is -2.19. The van der Waals surface area contributed by atoms with Gasteiger partial charge in [0.2, 0.25) is 5.88 Å². The van der Waals surface area contributed by atoms with Crippen molar-refractivity contribution in [3.05, 3.63) is 69.9 Å². The van der Waals surface area contributed by atoms with Crippen molar-refractivity contribution in [1.29, 1.82) is 0 Å². The molecule has 0 amide bonds. The minimum absolute atomic E-state index is 0.0339. The number of hydrogen-bond acceptors (Lipinski definition) is 8. The van der Waals surface area contributed by atoms with Crippen molar-refractivity contribution in [3.8, 4) is 17.4 Å². The molecule has 3 aliphatic rings. The highest BCUT2D eigenvalue weighted by Crippen LogP contribution is 2.38. The topological polar surface area (TPSA) is 87.9 Å². The molecular formula is C23H17F5N4O5. The third-order valence-corrected chi connectivity index (χ3v) is 6.38. The van der Waals surface area contributed by atoms with E-state index in [4.69, 9.17) is 18.9 Å². The maximum absolute atomic E-state index is 14.6. The Bertz CT molecular complexity index is 1410. The number of pyridine rings is 1. The van der Waals surface area contributed by atoms with Crippen LogP contribution < -0.4 is 20.1 Å². The molecule has 2 aromatic heterocycles. The zero-order valence-electron chi connectivity index (χ0n) is 18.7. The summed E-state index contributed by atoms with van der Waals surface area (Å²) in [5.74, 6) is -3.08. The second kappa shape index (κ2) is 8.66. The normalized spacial score (nSPS) is 22.1. The summed E-state index contributed by atoms with van der Waals surface area (Å²) in [4.78, 5) is 21.6. The molecule has 3 atom stereocenters.